The molecule has 0 spiro atoms. The van der Waals surface area contributed by atoms with Crippen molar-refractivity contribution in [2.45, 2.75) is 45.3 Å². The molecule has 5 heteroatoms. The number of carbonyl (C=O) groups is 1. The number of aliphatic hydroxyl groups is 1. The number of aliphatic hydroxyl groups excluding tert-OH is 1. The van der Waals surface area contributed by atoms with E-state index in [1.54, 1.807) is 11.0 Å². The van der Waals surface area contributed by atoms with Crippen LogP contribution >= 0.6 is 0 Å². The molecule has 1 aliphatic heterocycles. The zero-order valence-electron chi connectivity index (χ0n) is 12.8. The van der Waals surface area contributed by atoms with Gasteiger partial charge < -0.3 is 15.1 Å². The first-order valence-corrected chi connectivity index (χ1v) is 7.95. The number of fused-ring (bicyclic) bond motifs is 1. The van der Waals surface area contributed by atoms with Crippen LogP contribution in [0.3, 0.4) is 0 Å². The van der Waals surface area contributed by atoms with Crippen molar-refractivity contribution in [2.75, 3.05) is 6.54 Å². The first-order valence-electron chi connectivity index (χ1n) is 7.95. The van der Waals surface area contributed by atoms with Crippen LogP contribution in [0.5, 0.6) is 5.75 Å². The van der Waals surface area contributed by atoms with Crippen LogP contribution in [-0.2, 0) is 6.54 Å². The van der Waals surface area contributed by atoms with Crippen LogP contribution in [0.15, 0.2) is 12.1 Å². The number of halogens is 1. The van der Waals surface area contributed by atoms with Gasteiger partial charge in [-0.15, -0.1) is 0 Å². The largest absolute Gasteiger partial charge is 0.505 e. The molecule has 120 valence electrons. The summed E-state index contributed by atoms with van der Waals surface area (Å²) in [5, 5.41) is 19.1. The van der Waals surface area contributed by atoms with Crippen LogP contribution < -0.4 is 0 Å². The third-order valence-electron chi connectivity index (χ3n) is 5.12. The molecule has 0 radical (unpaired) electrons. The topological polar surface area (TPSA) is 60.8 Å². The molecule has 1 atom stereocenters. The molecule has 0 saturated heterocycles. The second kappa shape index (κ2) is 5.88. The average Bonchev–Trinajstić information content (AvgIpc) is 2.81. The Kier molecular flexibility index (Phi) is 4.08. The fraction of sp³-hybridized carbons (Fsp3) is 0.588. The Morgan fingerprint density at radius 1 is 1.32 bits per heavy atom. The molecule has 1 aromatic rings. The molecule has 1 fully saturated rings. The van der Waals surface area contributed by atoms with Gasteiger partial charge in [-0.25, -0.2) is 4.39 Å². The monoisotopic (exact) mass is 307 g/mol. The van der Waals surface area contributed by atoms with Crippen LogP contribution in [0.1, 0.15) is 48.5 Å². The Hall–Kier alpha value is -1.62. The van der Waals surface area contributed by atoms with E-state index < -0.39 is 11.6 Å². The van der Waals surface area contributed by atoms with Crippen LogP contribution in [0.2, 0.25) is 0 Å². The third-order valence-corrected chi connectivity index (χ3v) is 5.12. The molecular formula is C17H22FNO3. The lowest BCUT2D eigenvalue weighted by atomic mass is 9.79. The predicted octanol–water partition coefficient (Wildman–Crippen LogP) is 2.67. The lowest BCUT2D eigenvalue weighted by molar-refractivity contribution is 0.0645. The van der Waals surface area contributed by atoms with E-state index in [1.807, 2.05) is 6.92 Å². The van der Waals surface area contributed by atoms with Crippen molar-refractivity contribution < 1.29 is 19.4 Å². The Labute approximate surface area is 129 Å². The minimum Gasteiger partial charge on any atom is -0.505 e. The van der Waals surface area contributed by atoms with Gasteiger partial charge in [-0.3, -0.25) is 4.79 Å². The Balaban J connectivity index is 1.64. The summed E-state index contributed by atoms with van der Waals surface area (Å²) in [7, 11) is 0. The van der Waals surface area contributed by atoms with Crippen molar-refractivity contribution in [3.8, 4) is 5.75 Å². The van der Waals surface area contributed by atoms with E-state index in [2.05, 4.69) is 0 Å². The summed E-state index contributed by atoms with van der Waals surface area (Å²) in [6.07, 6.45) is 3.67. The second-order valence-corrected chi connectivity index (χ2v) is 6.64. The SMILES string of the molecule is C[C@H](O)[C@H]1CC[C@H](CN2Cc3ccc(O)c(F)c3C2=O)CC1. The van der Waals surface area contributed by atoms with Gasteiger partial charge in [0.2, 0.25) is 0 Å². The number of rotatable bonds is 3. The number of hydrogen-bond acceptors (Lipinski definition) is 3. The number of benzene rings is 1. The Morgan fingerprint density at radius 3 is 2.64 bits per heavy atom. The molecule has 2 N–H and O–H groups in total. The van der Waals surface area contributed by atoms with Gasteiger partial charge in [-0.05, 0) is 56.1 Å². The molecule has 1 amide bonds. The summed E-state index contributed by atoms with van der Waals surface area (Å²) in [5.74, 6) is -0.822. The van der Waals surface area contributed by atoms with E-state index in [4.69, 9.17) is 0 Å². The number of phenolic OH excluding ortho intramolecular Hbond substituents is 1. The maximum Gasteiger partial charge on any atom is 0.257 e. The fourth-order valence-electron chi connectivity index (χ4n) is 3.72. The van der Waals surface area contributed by atoms with Crippen LogP contribution in [0.25, 0.3) is 0 Å². The fourth-order valence-corrected chi connectivity index (χ4v) is 3.72. The summed E-state index contributed by atoms with van der Waals surface area (Å²) in [5.41, 5.74) is 0.677. The van der Waals surface area contributed by atoms with Crippen LogP contribution in [-0.4, -0.2) is 33.7 Å². The molecule has 1 aliphatic carbocycles. The Bertz CT molecular complexity index is 580. The van der Waals surface area contributed by atoms with E-state index >= 15 is 0 Å². The molecule has 4 nitrogen and oxygen atoms in total. The summed E-state index contributed by atoms with van der Waals surface area (Å²) in [4.78, 5) is 14.0. The van der Waals surface area contributed by atoms with Gasteiger partial charge >= 0.3 is 0 Å². The molecule has 0 unspecified atom stereocenters. The first-order chi connectivity index (χ1) is 10.5. The summed E-state index contributed by atoms with van der Waals surface area (Å²) in [6, 6.07) is 2.93. The van der Waals surface area contributed by atoms with Gasteiger partial charge in [0.25, 0.3) is 5.91 Å². The zero-order valence-corrected chi connectivity index (χ0v) is 12.8. The highest BCUT2D eigenvalue weighted by atomic mass is 19.1. The van der Waals surface area contributed by atoms with E-state index in [1.165, 1.54) is 6.07 Å². The number of hydrogen-bond donors (Lipinski definition) is 2. The normalized spacial score (nSPS) is 26.1. The molecule has 1 heterocycles. The van der Waals surface area contributed by atoms with Gasteiger partial charge in [0.05, 0.1) is 11.7 Å². The van der Waals surface area contributed by atoms with Crippen molar-refractivity contribution >= 4 is 5.91 Å². The Morgan fingerprint density at radius 2 is 2.00 bits per heavy atom. The molecule has 1 saturated carbocycles. The van der Waals surface area contributed by atoms with E-state index in [0.717, 1.165) is 25.7 Å². The molecule has 0 aromatic heterocycles. The van der Waals surface area contributed by atoms with Crippen LogP contribution in [0, 0.1) is 17.7 Å². The molecule has 22 heavy (non-hydrogen) atoms. The van der Waals surface area contributed by atoms with Gasteiger partial charge in [0.1, 0.15) is 0 Å². The highest BCUT2D eigenvalue weighted by Gasteiger charge is 2.34. The van der Waals surface area contributed by atoms with Crippen molar-refractivity contribution in [2.24, 2.45) is 11.8 Å². The number of aromatic hydroxyl groups is 1. The highest BCUT2D eigenvalue weighted by Crippen LogP contribution is 2.34. The smallest absolute Gasteiger partial charge is 0.257 e. The maximum absolute atomic E-state index is 13.9. The van der Waals surface area contributed by atoms with Gasteiger partial charge in [0, 0.05) is 13.1 Å². The van der Waals surface area contributed by atoms with Gasteiger partial charge in [-0.1, -0.05) is 6.07 Å². The number of carbonyl (C=O) groups excluding carboxylic acids is 1. The molecule has 0 bridgehead atoms. The number of amides is 1. The number of nitrogens with zero attached hydrogens (tertiary/aromatic N) is 1. The highest BCUT2D eigenvalue weighted by molar-refractivity contribution is 5.99. The summed E-state index contributed by atoms with van der Waals surface area (Å²) < 4.78 is 13.9. The van der Waals surface area contributed by atoms with Crippen molar-refractivity contribution in [1.82, 2.24) is 4.90 Å². The van der Waals surface area contributed by atoms with E-state index in [-0.39, 0.29) is 17.6 Å². The summed E-state index contributed by atoms with van der Waals surface area (Å²) in [6.45, 7) is 2.88. The lowest BCUT2D eigenvalue weighted by Gasteiger charge is -2.32. The lowest BCUT2D eigenvalue weighted by Crippen LogP contribution is -2.33. The summed E-state index contributed by atoms with van der Waals surface area (Å²) >= 11 is 0. The molecule has 2 aliphatic rings. The average molecular weight is 307 g/mol. The minimum atomic E-state index is -0.803. The van der Waals surface area contributed by atoms with Gasteiger partial charge in [-0.2, -0.15) is 0 Å². The van der Waals surface area contributed by atoms with Crippen molar-refractivity contribution in [3.63, 3.8) is 0 Å². The first kappa shape index (κ1) is 15.3. The van der Waals surface area contributed by atoms with Crippen molar-refractivity contribution in [1.29, 1.82) is 0 Å². The standard InChI is InChI=1S/C17H22FNO3/c1-10(20)12-4-2-11(3-5-12)8-19-9-13-6-7-14(21)16(18)15(13)17(19)22/h6-7,10-12,20-21H,2-5,8-9H2,1H3/t10-,11-,12-/m0/s1. The predicted molar refractivity (Wildman–Crippen MR) is 79.9 cm³/mol. The minimum absolute atomic E-state index is 0.0256. The number of phenols is 1. The van der Waals surface area contributed by atoms with Gasteiger partial charge in [0.15, 0.2) is 11.6 Å². The van der Waals surface area contributed by atoms with Crippen LogP contribution in [0.4, 0.5) is 4.39 Å². The van der Waals surface area contributed by atoms with E-state index in [9.17, 15) is 19.4 Å². The van der Waals surface area contributed by atoms with E-state index in [0.29, 0.717) is 30.5 Å². The molecular weight excluding hydrogens is 285 g/mol. The maximum atomic E-state index is 13.9. The quantitative estimate of drug-likeness (QED) is 0.902. The van der Waals surface area contributed by atoms with Crippen molar-refractivity contribution in [3.05, 3.63) is 29.1 Å². The zero-order chi connectivity index (χ0) is 15.9. The molecule has 3 rings (SSSR count). The third kappa shape index (κ3) is 2.70. The second-order valence-electron chi connectivity index (χ2n) is 6.64. The molecule has 1 aromatic carbocycles.